The first-order chi connectivity index (χ1) is 9.58. The summed E-state index contributed by atoms with van der Waals surface area (Å²) in [6, 6.07) is 0. The molecule has 20 heavy (non-hydrogen) atoms. The molecule has 6 nitrogen and oxygen atoms in total. The molecule has 2 saturated carbocycles. The highest BCUT2D eigenvalue weighted by Gasteiger charge is 2.40. The Labute approximate surface area is 118 Å². The van der Waals surface area contributed by atoms with E-state index in [0.717, 1.165) is 12.3 Å². The fraction of sp³-hybridized carbons (Fsp3) is 0.786. The normalized spacial score (nSPS) is 27.1. The molecule has 0 heterocycles. The molecule has 112 valence electrons. The Morgan fingerprint density at radius 3 is 2.55 bits per heavy atom. The smallest absolute Gasteiger partial charge is 0.306 e. The maximum Gasteiger partial charge on any atom is 0.306 e. The molecule has 3 atom stereocenters. The lowest BCUT2D eigenvalue weighted by Gasteiger charge is -2.20. The molecule has 2 aliphatic rings. The van der Waals surface area contributed by atoms with Crippen LogP contribution in [-0.4, -0.2) is 38.0 Å². The first kappa shape index (κ1) is 14.8. The molecule has 2 N–H and O–H groups in total. The molecule has 0 aromatic rings. The van der Waals surface area contributed by atoms with Gasteiger partial charge in [0, 0.05) is 13.5 Å². The first-order valence-electron chi connectivity index (χ1n) is 7.21. The van der Waals surface area contributed by atoms with Crippen molar-refractivity contribution in [2.24, 2.45) is 17.8 Å². The number of carbonyl (C=O) groups is 3. The van der Waals surface area contributed by atoms with Gasteiger partial charge in [-0.05, 0) is 37.0 Å². The SMILES string of the molecule is CNC(=O)CNC(=O)COC(=O)C[C@@H]1C[C@H]2CC[C@@H]1C2. The van der Waals surface area contributed by atoms with E-state index in [1.54, 1.807) is 0 Å². The zero-order valence-electron chi connectivity index (χ0n) is 11.8. The maximum atomic E-state index is 11.7. The Bertz CT molecular complexity index is 397. The summed E-state index contributed by atoms with van der Waals surface area (Å²) in [5.74, 6) is 0.873. The van der Waals surface area contributed by atoms with Crippen LogP contribution in [0.2, 0.25) is 0 Å². The monoisotopic (exact) mass is 282 g/mol. The molecule has 2 aliphatic carbocycles. The van der Waals surface area contributed by atoms with E-state index in [0.29, 0.717) is 18.3 Å². The average molecular weight is 282 g/mol. The third-order valence-electron chi connectivity index (χ3n) is 4.40. The molecule has 2 amide bonds. The second kappa shape index (κ2) is 6.72. The van der Waals surface area contributed by atoms with Crippen LogP contribution in [0, 0.1) is 17.8 Å². The number of carbonyl (C=O) groups excluding carboxylic acids is 3. The highest BCUT2D eigenvalue weighted by molar-refractivity contribution is 5.86. The van der Waals surface area contributed by atoms with Gasteiger partial charge in [-0.3, -0.25) is 14.4 Å². The van der Waals surface area contributed by atoms with Gasteiger partial charge in [-0.1, -0.05) is 6.42 Å². The second-order valence-corrected chi connectivity index (χ2v) is 5.75. The molecule has 0 radical (unpaired) electrons. The van der Waals surface area contributed by atoms with Gasteiger partial charge in [0.1, 0.15) is 0 Å². The van der Waals surface area contributed by atoms with E-state index < -0.39 is 5.91 Å². The molecule has 0 saturated heterocycles. The van der Waals surface area contributed by atoms with Gasteiger partial charge in [0.15, 0.2) is 6.61 Å². The molecule has 2 rings (SSSR count). The van der Waals surface area contributed by atoms with Crippen molar-refractivity contribution in [1.82, 2.24) is 10.6 Å². The lowest BCUT2D eigenvalue weighted by molar-refractivity contribution is -0.149. The highest BCUT2D eigenvalue weighted by Crippen LogP contribution is 2.49. The summed E-state index contributed by atoms with van der Waals surface area (Å²) in [4.78, 5) is 34.0. The van der Waals surface area contributed by atoms with Gasteiger partial charge in [-0.2, -0.15) is 0 Å². The van der Waals surface area contributed by atoms with E-state index in [2.05, 4.69) is 10.6 Å². The number of fused-ring (bicyclic) bond motifs is 2. The van der Waals surface area contributed by atoms with E-state index in [-0.39, 0.29) is 25.0 Å². The maximum absolute atomic E-state index is 11.7. The molecule has 0 unspecified atom stereocenters. The highest BCUT2D eigenvalue weighted by atomic mass is 16.5. The Balaban J connectivity index is 1.60. The van der Waals surface area contributed by atoms with Crippen LogP contribution in [0.3, 0.4) is 0 Å². The van der Waals surface area contributed by atoms with Crippen LogP contribution in [-0.2, 0) is 19.1 Å². The molecule has 2 bridgehead atoms. The predicted octanol–water partition coefficient (Wildman–Crippen LogP) is 0.218. The molecule has 0 spiro atoms. The van der Waals surface area contributed by atoms with Crippen LogP contribution >= 0.6 is 0 Å². The summed E-state index contributed by atoms with van der Waals surface area (Å²) < 4.78 is 4.96. The summed E-state index contributed by atoms with van der Waals surface area (Å²) in [6.07, 6.45) is 5.34. The van der Waals surface area contributed by atoms with Crippen molar-refractivity contribution in [2.45, 2.75) is 32.1 Å². The van der Waals surface area contributed by atoms with Gasteiger partial charge in [-0.15, -0.1) is 0 Å². The van der Waals surface area contributed by atoms with E-state index in [9.17, 15) is 14.4 Å². The summed E-state index contributed by atoms with van der Waals surface area (Å²) in [5, 5.41) is 4.77. The summed E-state index contributed by atoms with van der Waals surface area (Å²) in [7, 11) is 1.49. The largest absolute Gasteiger partial charge is 0.456 e. The number of rotatable bonds is 6. The standard InChI is InChI=1S/C14H22N2O4/c1-15-12(17)7-16-13(18)8-20-14(19)6-11-5-9-2-3-10(11)4-9/h9-11H,2-8H2,1H3,(H,15,17)(H,16,18)/t9-,10+,11-/m0/s1. The number of hydrogen-bond donors (Lipinski definition) is 2. The molecular weight excluding hydrogens is 260 g/mol. The van der Waals surface area contributed by atoms with Gasteiger partial charge in [0.05, 0.1) is 6.54 Å². The van der Waals surface area contributed by atoms with Crippen LogP contribution in [0.1, 0.15) is 32.1 Å². The van der Waals surface area contributed by atoms with E-state index in [1.807, 2.05) is 0 Å². The van der Waals surface area contributed by atoms with Crippen molar-refractivity contribution in [2.75, 3.05) is 20.2 Å². The van der Waals surface area contributed by atoms with Crippen molar-refractivity contribution in [3.05, 3.63) is 0 Å². The fourth-order valence-corrected chi connectivity index (χ4v) is 3.36. The fourth-order valence-electron chi connectivity index (χ4n) is 3.36. The summed E-state index contributed by atoms with van der Waals surface area (Å²) >= 11 is 0. The van der Waals surface area contributed by atoms with Crippen LogP contribution < -0.4 is 10.6 Å². The molecule has 0 aliphatic heterocycles. The third kappa shape index (κ3) is 3.95. The van der Waals surface area contributed by atoms with Crippen LogP contribution in [0.4, 0.5) is 0 Å². The van der Waals surface area contributed by atoms with E-state index >= 15 is 0 Å². The summed E-state index contributed by atoms with van der Waals surface area (Å²) in [5.41, 5.74) is 0. The van der Waals surface area contributed by atoms with Gasteiger partial charge < -0.3 is 15.4 Å². The Morgan fingerprint density at radius 1 is 1.15 bits per heavy atom. The molecule has 6 heteroatoms. The van der Waals surface area contributed by atoms with E-state index in [4.69, 9.17) is 4.74 Å². The zero-order valence-corrected chi connectivity index (χ0v) is 11.8. The first-order valence-corrected chi connectivity index (χ1v) is 7.21. The number of esters is 1. The van der Waals surface area contributed by atoms with Gasteiger partial charge in [0.2, 0.25) is 5.91 Å². The number of ether oxygens (including phenoxy) is 1. The van der Waals surface area contributed by atoms with Crippen molar-refractivity contribution >= 4 is 17.8 Å². The average Bonchev–Trinajstić information content (AvgIpc) is 3.04. The minimum absolute atomic E-state index is 0.0980. The quantitative estimate of drug-likeness (QED) is 0.682. The van der Waals surface area contributed by atoms with Crippen molar-refractivity contribution in [1.29, 1.82) is 0 Å². The van der Waals surface area contributed by atoms with Crippen LogP contribution in [0.25, 0.3) is 0 Å². The molecule has 2 fully saturated rings. The van der Waals surface area contributed by atoms with Crippen molar-refractivity contribution in [3.63, 3.8) is 0 Å². The number of nitrogens with one attached hydrogen (secondary N) is 2. The minimum Gasteiger partial charge on any atom is -0.456 e. The number of likely N-dealkylation sites (N-methyl/N-ethyl adjacent to an activating group) is 1. The number of hydrogen-bond acceptors (Lipinski definition) is 4. The molecular formula is C14H22N2O4. The second-order valence-electron chi connectivity index (χ2n) is 5.75. The lowest BCUT2D eigenvalue weighted by Crippen LogP contribution is -2.37. The minimum atomic E-state index is -0.449. The van der Waals surface area contributed by atoms with E-state index in [1.165, 1.54) is 26.3 Å². The predicted molar refractivity (Wildman–Crippen MR) is 71.6 cm³/mol. The lowest BCUT2D eigenvalue weighted by atomic mass is 9.86. The van der Waals surface area contributed by atoms with Crippen LogP contribution in [0.15, 0.2) is 0 Å². The zero-order chi connectivity index (χ0) is 14.5. The van der Waals surface area contributed by atoms with Gasteiger partial charge >= 0.3 is 5.97 Å². The molecule has 0 aromatic heterocycles. The Kier molecular flexibility index (Phi) is 4.98. The van der Waals surface area contributed by atoms with Crippen LogP contribution in [0.5, 0.6) is 0 Å². The molecule has 0 aromatic carbocycles. The number of amides is 2. The van der Waals surface area contributed by atoms with Crippen molar-refractivity contribution < 1.29 is 19.1 Å². The Morgan fingerprint density at radius 2 is 1.95 bits per heavy atom. The Hall–Kier alpha value is -1.59. The third-order valence-corrected chi connectivity index (χ3v) is 4.40. The van der Waals surface area contributed by atoms with Gasteiger partial charge in [-0.25, -0.2) is 0 Å². The topological polar surface area (TPSA) is 84.5 Å². The van der Waals surface area contributed by atoms with Crippen molar-refractivity contribution in [3.8, 4) is 0 Å². The summed E-state index contributed by atoms with van der Waals surface area (Å²) in [6.45, 7) is -0.407. The van der Waals surface area contributed by atoms with Gasteiger partial charge in [0.25, 0.3) is 5.91 Å².